The molecule has 12 nitrogen and oxygen atoms in total. The van der Waals surface area contributed by atoms with E-state index in [2.05, 4.69) is 11.8 Å². The van der Waals surface area contributed by atoms with E-state index in [1.54, 1.807) is 0 Å². The lowest BCUT2D eigenvalue weighted by atomic mass is 10.1. The van der Waals surface area contributed by atoms with Crippen molar-refractivity contribution in [1.29, 1.82) is 0 Å². The van der Waals surface area contributed by atoms with Gasteiger partial charge in [-0.05, 0) is 20.5 Å². The van der Waals surface area contributed by atoms with E-state index < -0.39 is 0 Å². The highest BCUT2D eigenvalue weighted by molar-refractivity contribution is 4.48. The molecule has 0 bridgehead atoms. The van der Waals surface area contributed by atoms with Crippen LogP contribution in [0.1, 0.15) is 71.1 Å². The molecule has 290 valence electrons. The van der Waals surface area contributed by atoms with Crippen LogP contribution in [0.15, 0.2) is 0 Å². The Kier molecular flexibility index (Phi) is 44.1. The molecule has 0 fully saturated rings. The fourth-order valence-electron chi connectivity index (χ4n) is 4.24. The highest BCUT2D eigenvalue weighted by Gasteiger charge is 1.97. The zero-order valence-electron chi connectivity index (χ0n) is 31.3. The molecule has 0 aliphatic carbocycles. The third-order valence-electron chi connectivity index (χ3n) is 7.05. The largest absolute Gasteiger partial charge is 0.379 e. The average molecular weight is 698 g/mol. The molecule has 0 radical (unpaired) electrons. The van der Waals surface area contributed by atoms with Gasteiger partial charge in [-0.2, -0.15) is 0 Å². The second-order valence-electron chi connectivity index (χ2n) is 11.7. The molecule has 0 spiro atoms. The summed E-state index contributed by atoms with van der Waals surface area (Å²) in [6.07, 6.45) is 13.4. The van der Waals surface area contributed by atoms with Crippen LogP contribution in [0.4, 0.5) is 0 Å². The predicted octanol–water partition coefficient (Wildman–Crippen LogP) is 4.65. The summed E-state index contributed by atoms with van der Waals surface area (Å²) in [7, 11) is 4.05. The van der Waals surface area contributed by atoms with Crippen LogP contribution >= 0.6 is 0 Å². The third kappa shape index (κ3) is 45.5. The fourth-order valence-corrected chi connectivity index (χ4v) is 4.24. The van der Waals surface area contributed by atoms with Gasteiger partial charge in [0.1, 0.15) is 0 Å². The molecular formula is C36H75NO11. The Bertz CT molecular complexity index is 564. The number of rotatable bonds is 44. The Labute approximate surface area is 294 Å². The summed E-state index contributed by atoms with van der Waals surface area (Å²) in [5, 5.41) is 0. The van der Waals surface area contributed by atoms with Crippen molar-refractivity contribution in [3.63, 3.8) is 0 Å². The van der Waals surface area contributed by atoms with Gasteiger partial charge in [0.25, 0.3) is 0 Å². The topological polar surface area (TPSA) is 105 Å². The number of hydrogen-bond donors (Lipinski definition) is 0. The van der Waals surface area contributed by atoms with Gasteiger partial charge >= 0.3 is 0 Å². The first-order valence-electron chi connectivity index (χ1n) is 18.8. The van der Waals surface area contributed by atoms with E-state index in [0.29, 0.717) is 132 Å². The molecule has 0 amide bonds. The molecule has 0 aliphatic rings. The molecular weight excluding hydrogens is 622 g/mol. The molecule has 0 heterocycles. The van der Waals surface area contributed by atoms with E-state index in [1.807, 2.05) is 14.1 Å². The summed E-state index contributed by atoms with van der Waals surface area (Å²) in [5.74, 6) is 0. The van der Waals surface area contributed by atoms with Gasteiger partial charge in [0.15, 0.2) is 0 Å². The van der Waals surface area contributed by atoms with Crippen molar-refractivity contribution >= 4 is 0 Å². The van der Waals surface area contributed by atoms with Gasteiger partial charge in [0.05, 0.1) is 139 Å². The van der Waals surface area contributed by atoms with Crippen molar-refractivity contribution < 1.29 is 52.1 Å². The molecule has 0 aliphatic heterocycles. The van der Waals surface area contributed by atoms with E-state index in [0.717, 1.165) is 26.2 Å². The molecule has 0 aromatic rings. The van der Waals surface area contributed by atoms with Gasteiger partial charge in [0.2, 0.25) is 0 Å². The lowest BCUT2D eigenvalue weighted by Gasteiger charge is -2.10. The quantitative estimate of drug-likeness (QED) is 0.0828. The van der Waals surface area contributed by atoms with Gasteiger partial charge in [0, 0.05) is 13.2 Å². The summed E-state index contributed by atoms with van der Waals surface area (Å²) in [6.45, 7) is 15.8. The summed E-state index contributed by atoms with van der Waals surface area (Å²) in [5.41, 5.74) is 0. The van der Waals surface area contributed by atoms with Crippen molar-refractivity contribution in [3.05, 3.63) is 0 Å². The highest BCUT2D eigenvalue weighted by Crippen LogP contribution is 2.10. The molecule has 0 aromatic carbocycles. The molecule has 0 atom stereocenters. The minimum atomic E-state index is 0.525. The third-order valence-corrected chi connectivity index (χ3v) is 7.05. The van der Waals surface area contributed by atoms with Crippen LogP contribution in [0.3, 0.4) is 0 Å². The molecule has 12 heteroatoms. The zero-order valence-corrected chi connectivity index (χ0v) is 31.3. The molecule has 0 N–H and O–H groups in total. The van der Waals surface area contributed by atoms with Gasteiger partial charge in [-0.25, -0.2) is 0 Å². The maximum absolute atomic E-state index is 5.65. The van der Waals surface area contributed by atoms with Crippen LogP contribution in [-0.2, 0) is 52.1 Å². The molecule has 0 rings (SSSR count). The van der Waals surface area contributed by atoms with Crippen LogP contribution in [0, 0.1) is 0 Å². The zero-order chi connectivity index (χ0) is 34.7. The fraction of sp³-hybridized carbons (Fsp3) is 1.00. The number of unbranched alkanes of at least 4 members (excludes halogenated alkanes) is 9. The maximum Gasteiger partial charge on any atom is 0.0701 e. The van der Waals surface area contributed by atoms with Crippen molar-refractivity contribution in [1.82, 2.24) is 4.90 Å². The highest BCUT2D eigenvalue weighted by atomic mass is 16.6. The molecule has 0 saturated carbocycles. The lowest BCUT2D eigenvalue weighted by Crippen LogP contribution is -2.19. The Morgan fingerprint density at radius 1 is 0.250 bits per heavy atom. The summed E-state index contributed by atoms with van der Waals surface area (Å²) in [6, 6.07) is 0. The predicted molar refractivity (Wildman–Crippen MR) is 189 cm³/mol. The minimum Gasteiger partial charge on any atom is -0.379 e. The Hall–Kier alpha value is -0.480. The van der Waals surface area contributed by atoms with E-state index in [1.165, 1.54) is 57.8 Å². The van der Waals surface area contributed by atoms with E-state index in [-0.39, 0.29) is 0 Å². The van der Waals surface area contributed by atoms with Crippen molar-refractivity contribution in [2.45, 2.75) is 71.1 Å². The molecule has 0 saturated heterocycles. The number of hydrogen-bond acceptors (Lipinski definition) is 12. The van der Waals surface area contributed by atoms with Gasteiger partial charge in [-0.1, -0.05) is 64.7 Å². The molecule has 0 aromatic heterocycles. The van der Waals surface area contributed by atoms with Crippen LogP contribution in [0.5, 0.6) is 0 Å². The smallest absolute Gasteiger partial charge is 0.0701 e. The van der Waals surface area contributed by atoms with E-state index >= 15 is 0 Å². The molecule has 48 heavy (non-hydrogen) atoms. The van der Waals surface area contributed by atoms with E-state index in [4.69, 9.17) is 52.1 Å². The number of likely N-dealkylation sites (N-methyl/N-ethyl adjacent to an activating group) is 1. The lowest BCUT2D eigenvalue weighted by molar-refractivity contribution is -0.0276. The first-order chi connectivity index (χ1) is 23.8. The standard InChI is InChI=1S/C36H75NO11/c1-4-5-6-7-8-9-10-11-12-13-15-38-17-19-40-21-23-42-25-27-44-29-31-46-33-35-48-36-34-47-32-30-45-28-26-43-24-22-41-20-18-39-16-14-37(2)3/h4-36H2,1-3H3. The summed E-state index contributed by atoms with van der Waals surface area (Å²) < 4.78 is 60.6. The molecule has 0 unspecified atom stereocenters. The Morgan fingerprint density at radius 2 is 0.458 bits per heavy atom. The minimum absolute atomic E-state index is 0.525. The summed E-state index contributed by atoms with van der Waals surface area (Å²) in [4.78, 5) is 2.09. The van der Waals surface area contributed by atoms with Crippen molar-refractivity contribution in [3.8, 4) is 0 Å². The van der Waals surface area contributed by atoms with Crippen LogP contribution in [0.25, 0.3) is 0 Å². The Morgan fingerprint density at radius 3 is 0.708 bits per heavy atom. The normalized spacial score (nSPS) is 11.8. The van der Waals surface area contributed by atoms with Crippen LogP contribution < -0.4 is 0 Å². The Balaban J connectivity index is 3.04. The van der Waals surface area contributed by atoms with Crippen molar-refractivity contribution in [2.24, 2.45) is 0 Å². The first kappa shape index (κ1) is 47.5. The average Bonchev–Trinajstić information content (AvgIpc) is 3.08. The van der Waals surface area contributed by atoms with Crippen molar-refractivity contribution in [2.75, 3.05) is 166 Å². The van der Waals surface area contributed by atoms with Gasteiger partial charge < -0.3 is 57.0 Å². The number of nitrogens with zero attached hydrogens (tertiary/aromatic N) is 1. The van der Waals surface area contributed by atoms with Crippen LogP contribution in [-0.4, -0.2) is 171 Å². The monoisotopic (exact) mass is 698 g/mol. The first-order valence-corrected chi connectivity index (χ1v) is 18.8. The van der Waals surface area contributed by atoms with Gasteiger partial charge in [-0.3, -0.25) is 0 Å². The van der Waals surface area contributed by atoms with E-state index in [9.17, 15) is 0 Å². The second-order valence-corrected chi connectivity index (χ2v) is 11.7. The van der Waals surface area contributed by atoms with Gasteiger partial charge in [-0.15, -0.1) is 0 Å². The van der Waals surface area contributed by atoms with Crippen LogP contribution in [0.2, 0.25) is 0 Å². The second kappa shape index (κ2) is 44.5. The number of ether oxygens (including phenoxy) is 11. The SMILES string of the molecule is CCCCCCCCCCCCOCCOCCOCCOCCOCCOCCOCCOCCOCCOCCOCCN(C)C. The maximum atomic E-state index is 5.65. The summed E-state index contributed by atoms with van der Waals surface area (Å²) >= 11 is 0.